The maximum Gasteiger partial charge on any atom is 0.415 e. The van der Waals surface area contributed by atoms with Crippen molar-refractivity contribution in [3.63, 3.8) is 0 Å². The average molecular weight is 332 g/mol. The van der Waals surface area contributed by atoms with Crippen molar-refractivity contribution in [2.45, 2.75) is 0 Å². The van der Waals surface area contributed by atoms with Crippen molar-refractivity contribution in [1.82, 2.24) is 0 Å². The van der Waals surface area contributed by atoms with Crippen LogP contribution in [0.1, 0.15) is 0 Å². The molecule has 0 fully saturated rings. The Balaban J connectivity index is 3.25. The number of hydrogen-bond donors (Lipinski definition) is 1. The number of carboxylic acid groups (broad SMARTS) is 1. The SMILES string of the molecule is C=CCOC(=O)N(CC(=O)O)c1ccc(OCC=C)cc1N=C=O. The third-order valence-electron chi connectivity index (χ3n) is 2.61. The highest BCUT2D eigenvalue weighted by atomic mass is 16.6. The maximum atomic E-state index is 12.1. The van der Waals surface area contributed by atoms with Gasteiger partial charge in [-0.2, -0.15) is 4.99 Å². The van der Waals surface area contributed by atoms with Crippen LogP contribution < -0.4 is 9.64 Å². The summed E-state index contributed by atoms with van der Waals surface area (Å²) in [6.07, 6.45) is 3.31. The maximum absolute atomic E-state index is 12.1. The van der Waals surface area contributed by atoms with Gasteiger partial charge in [0.25, 0.3) is 0 Å². The molecule has 0 bridgehead atoms. The van der Waals surface area contributed by atoms with E-state index in [1.165, 1.54) is 36.4 Å². The molecule has 0 aliphatic heterocycles. The van der Waals surface area contributed by atoms with Crippen molar-refractivity contribution in [3.05, 3.63) is 43.5 Å². The van der Waals surface area contributed by atoms with E-state index < -0.39 is 18.6 Å². The molecule has 0 spiro atoms. The molecular formula is C16H16N2O6. The topological polar surface area (TPSA) is 106 Å². The first-order valence-corrected chi connectivity index (χ1v) is 6.76. The minimum Gasteiger partial charge on any atom is -0.489 e. The number of carbonyl (C=O) groups is 2. The first-order valence-electron chi connectivity index (χ1n) is 6.76. The van der Waals surface area contributed by atoms with Crippen LogP contribution >= 0.6 is 0 Å². The van der Waals surface area contributed by atoms with E-state index in [0.29, 0.717) is 5.75 Å². The van der Waals surface area contributed by atoms with Crippen molar-refractivity contribution in [3.8, 4) is 5.75 Å². The van der Waals surface area contributed by atoms with Gasteiger partial charge in [0.2, 0.25) is 6.08 Å². The summed E-state index contributed by atoms with van der Waals surface area (Å²) >= 11 is 0. The van der Waals surface area contributed by atoms with Gasteiger partial charge in [0.15, 0.2) is 0 Å². The molecule has 8 heteroatoms. The lowest BCUT2D eigenvalue weighted by atomic mass is 10.2. The number of rotatable bonds is 9. The van der Waals surface area contributed by atoms with Crippen LogP contribution in [0.5, 0.6) is 5.75 Å². The van der Waals surface area contributed by atoms with Crippen molar-refractivity contribution >= 4 is 29.5 Å². The van der Waals surface area contributed by atoms with Crippen molar-refractivity contribution in [2.75, 3.05) is 24.7 Å². The lowest BCUT2D eigenvalue weighted by Gasteiger charge is -2.21. The van der Waals surface area contributed by atoms with E-state index in [-0.39, 0.29) is 24.6 Å². The molecule has 24 heavy (non-hydrogen) atoms. The Hall–Kier alpha value is -3.38. The molecule has 0 radical (unpaired) electrons. The van der Waals surface area contributed by atoms with Crippen LogP contribution in [-0.4, -0.2) is 43.0 Å². The van der Waals surface area contributed by atoms with E-state index in [2.05, 4.69) is 18.2 Å². The van der Waals surface area contributed by atoms with E-state index in [1.807, 2.05) is 0 Å². The summed E-state index contributed by atoms with van der Waals surface area (Å²) in [5.74, 6) is -0.902. The van der Waals surface area contributed by atoms with E-state index in [1.54, 1.807) is 0 Å². The standard InChI is InChI=1S/C16H16N2O6/c1-3-7-23-12-5-6-14(13(9-12)17-11-19)18(10-15(20)21)16(22)24-8-4-2/h3-6,9H,1-2,7-8,10H2,(H,20,21). The minimum atomic E-state index is -1.27. The Morgan fingerprint density at radius 1 is 1.29 bits per heavy atom. The highest BCUT2D eigenvalue weighted by Gasteiger charge is 2.23. The summed E-state index contributed by atoms with van der Waals surface area (Å²) in [5, 5.41) is 9.00. The van der Waals surface area contributed by atoms with Gasteiger partial charge in [-0.15, -0.1) is 0 Å². The largest absolute Gasteiger partial charge is 0.489 e. The Labute approximate surface area is 138 Å². The van der Waals surface area contributed by atoms with Gasteiger partial charge < -0.3 is 14.6 Å². The van der Waals surface area contributed by atoms with E-state index in [0.717, 1.165) is 4.90 Å². The van der Waals surface area contributed by atoms with Crippen LogP contribution in [0.4, 0.5) is 16.2 Å². The number of anilines is 1. The first-order chi connectivity index (χ1) is 11.5. The van der Waals surface area contributed by atoms with E-state index in [9.17, 15) is 14.4 Å². The van der Waals surface area contributed by atoms with Gasteiger partial charge in [0.05, 0.1) is 5.69 Å². The van der Waals surface area contributed by atoms with Gasteiger partial charge in [-0.25, -0.2) is 9.59 Å². The van der Waals surface area contributed by atoms with Gasteiger partial charge in [-0.05, 0) is 12.1 Å². The number of amides is 1. The summed E-state index contributed by atoms with van der Waals surface area (Å²) in [6, 6.07) is 4.27. The quantitative estimate of drug-likeness (QED) is 0.423. The Morgan fingerprint density at radius 3 is 2.58 bits per heavy atom. The smallest absolute Gasteiger partial charge is 0.415 e. The molecule has 1 N–H and O–H groups in total. The van der Waals surface area contributed by atoms with Crippen LogP contribution in [0.3, 0.4) is 0 Å². The normalized spacial score (nSPS) is 9.33. The molecule has 1 rings (SSSR count). The fourth-order valence-corrected chi connectivity index (χ4v) is 1.71. The molecule has 0 aromatic heterocycles. The van der Waals surface area contributed by atoms with E-state index >= 15 is 0 Å². The second-order valence-electron chi connectivity index (χ2n) is 4.30. The lowest BCUT2D eigenvalue weighted by Crippen LogP contribution is -2.36. The zero-order chi connectivity index (χ0) is 17.9. The molecule has 0 aliphatic rings. The van der Waals surface area contributed by atoms with Gasteiger partial charge in [0.1, 0.15) is 31.2 Å². The number of nitrogens with zero attached hydrogens (tertiary/aromatic N) is 2. The predicted octanol–water partition coefficient (Wildman–Crippen LogP) is 2.43. The molecule has 0 heterocycles. The third-order valence-corrected chi connectivity index (χ3v) is 2.61. The molecule has 0 atom stereocenters. The number of ether oxygens (including phenoxy) is 2. The summed E-state index contributed by atoms with van der Waals surface area (Å²) in [5.41, 5.74) is 0.0872. The molecule has 1 aromatic rings. The monoisotopic (exact) mass is 332 g/mol. The van der Waals surface area contributed by atoms with Gasteiger partial charge in [-0.3, -0.25) is 9.69 Å². The number of aliphatic imine (C=N–C) groups is 1. The van der Waals surface area contributed by atoms with Gasteiger partial charge in [-0.1, -0.05) is 25.3 Å². The van der Waals surface area contributed by atoms with Crippen LogP contribution in [0, 0.1) is 0 Å². The summed E-state index contributed by atoms with van der Waals surface area (Å²) < 4.78 is 10.2. The minimum absolute atomic E-state index is 0.0170. The summed E-state index contributed by atoms with van der Waals surface area (Å²) in [7, 11) is 0. The van der Waals surface area contributed by atoms with Crippen molar-refractivity contribution in [2.24, 2.45) is 4.99 Å². The molecule has 0 unspecified atom stereocenters. The van der Waals surface area contributed by atoms with E-state index in [4.69, 9.17) is 14.6 Å². The summed E-state index contributed by atoms with van der Waals surface area (Å²) in [6.45, 7) is 6.37. The number of benzene rings is 1. The number of aliphatic carboxylic acids is 1. The van der Waals surface area contributed by atoms with Crippen LogP contribution in [0.2, 0.25) is 0 Å². The third kappa shape index (κ3) is 5.43. The van der Waals surface area contributed by atoms with Crippen LogP contribution in [0.15, 0.2) is 48.5 Å². The zero-order valence-electron chi connectivity index (χ0n) is 12.8. The average Bonchev–Trinajstić information content (AvgIpc) is 2.56. The molecular weight excluding hydrogens is 316 g/mol. The first kappa shape index (κ1) is 18.7. The zero-order valence-corrected chi connectivity index (χ0v) is 12.8. The fraction of sp³-hybridized carbons (Fsp3) is 0.188. The number of carboxylic acids is 1. The second kappa shape index (κ2) is 9.60. The Kier molecular flexibility index (Phi) is 7.47. The highest BCUT2D eigenvalue weighted by molar-refractivity contribution is 5.96. The molecule has 1 amide bonds. The number of carbonyl (C=O) groups excluding carboxylic acids is 2. The predicted molar refractivity (Wildman–Crippen MR) is 86.4 cm³/mol. The summed E-state index contributed by atoms with van der Waals surface area (Å²) in [4.78, 5) is 38.0. The lowest BCUT2D eigenvalue weighted by molar-refractivity contribution is -0.135. The number of isocyanates is 1. The van der Waals surface area contributed by atoms with Crippen LogP contribution in [-0.2, 0) is 14.3 Å². The fourth-order valence-electron chi connectivity index (χ4n) is 1.71. The van der Waals surface area contributed by atoms with Gasteiger partial charge in [0, 0.05) is 6.07 Å². The van der Waals surface area contributed by atoms with Crippen molar-refractivity contribution in [1.29, 1.82) is 0 Å². The molecule has 0 saturated heterocycles. The Bertz CT molecular complexity index is 679. The molecule has 1 aromatic carbocycles. The van der Waals surface area contributed by atoms with Crippen LogP contribution in [0.25, 0.3) is 0 Å². The second-order valence-corrected chi connectivity index (χ2v) is 4.30. The van der Waals surface area contributed by atoms with Crippen molar-refractivity contribution < 1.29 is 29.0 Å². The van der Waals surface area contributed by atoms with Gasteiger partial charge >= 0.3 is 12.1 Å². The molecule has 0 saturated carbocycles. The highest BCUT2D eigenvalue weighted by Crippen LogP contribution is 2.33. The Morgan fingerprint density at radius 2 is 2.00 bits per heavy atom. The number of hydrogen-bond acceptors (Lipinski definition) is 6. The molecule has 0 aliphatic carbocycles. The molecule has 8 nitrogen and oxygen atoms in total. The molecule has 126 valence electrons.